The monoisotopic (exact) mass is 217 g/mol. The molecule has 3 heteroatoms. The number of nitrogens with two attached hydrogens (primary N) is 2. The fraction of sp³-hybridized carbons (Fsp3) is 0.462. The molecule has 1 aliphatic rings. The van der Waals surface area contributed by atoms with E-state index in [1.165, 1.54) is 12.0 Å². The standard InChI is InChI=1S/C13H19N3/c14-12-7-3-1-5-10(12)9-11-6-2-4-8-13(15)16-11/h1,3,5,7,11H,2,4,6,8-9,14H2,(H2,15,16). The fourth-order valence-corrected chi connectivity index (χ4v) is 2.17. The lowest BCUT2D eigenvalue weighted by molar-refractivity contribution is 0.588. The molecule has 1 aromatic rings. The molecule has 1 heterocycles. The number of hydrogen-bond acceptors (Lipinski definition) is 3. The number of amidine groups is 1. The van der Waals surface area contributed by atoms with E-state index in [1.807, 2.05) is 18.2 Å². The average Bonchev–Trinajstić information content (AvgIpc) is 2.46. The Hall–Kier alpha value is -1.51. The molecule has 1 aliphatic heterocycles. The summed E-state index contributed by atoms with van der Waals surface area (Å²) in [5, 5.41) is 0. The van der Waals surface area contributed by atoms with Gasteiger partial charge in [-0.2, -0.15) is 0 Å². The van der Waals surface area contributed by atoms with Gasteiger partial charge in [-0.3, -0.25) is 4.99 Å². The Morgan fingerprint density at radius 3 is 2.81 bits per heavy atom. The smallest absolute Gasteiger partial charge is 0.0940 e. The second-order valence-electron chi connectivity index (χ2n) is 4.42. The molecule has 16 heavy (non-hydrogen) atoms. The molecule has 1 atom stereocenters. The highest BCUT2D eigenvalue weighted by Crippen LogP contribution is 2.19. The van der Waals surface area contributed by atoms with Crippen molar-refractivity contribution in [1.29, 1.82) is 0 Å². The maximum atomic E-state index is 5.93. The van der Waals surface area contributed by atoms with Crippen LogP contribution < -0.4 is 11.5 Å². The second-order valence-corrected chi connectivity index (χ2v) is 4.42. The molecule has 0 fully saturated rings. The number of benzene rings is 1. The van der Waals surface area contributed by atoms with Gasteiger partial charge in [-0.15, -0.1) is 0 Å². The van der Waals surface area contributed by atoms with E-state index in [0.717, 1.165) is 37.2 Å². The van der Waals surface area contributed by atoms with Gasteiger partial charge in [0.1, 0.15) is 0 Å². The summed E-state index contributed by atoms with van der Waals surface area (Å²) in [5.74, 6) is 0.803. The Balaban J connectivity index is 2.09. The summed E-state index contributed by atoms with van der Waals surface area (Å²) in [6, 6.07) is 8.32. The van der Waals surface area contributed by atoms with Crippen LogP contribution >= 0.6 is 0 Å². The molecular formula is C13H19N3. The van der Waals surface area contributed by atoms with Gasteiger partial charge in [-0.05, 0) is 30.9 Å². The number of para-hydroxylation sites is 1. The molecule has 0 saturated carbocycles. The van der Waals surface area contributed by atoms with Gasteiger partial charge >= 0.3 is 0 Å². The van der Waals surface area contributed by atoms with Crippen molar-refractivity contribution in [2.45, 2.75) is 38.1 Å². The molecule has 3 nitrogen and oxygen atoms in total. The van der Waals surface area contributed by atoms with Crippen molar-refractivity contribution in [3.8, 4) is 0 Å². The Labute approximate surface area is 96.6 Å². The fourth-order valence-electron chi connectivity index (χ4n) is 2.17. The van der Waals surface area contributed by atoms with Crippen LogP contribution in [0.2, 0.25) is 0 Å². The van der Waals surface area contributed by atoms with E-state index in [2.05, 4.69) is 11.1 Å². The number of anilines is 1. The summed E-state index contributed by atoms with van der Waals surface area (Å²) in [4.78, 5) is 4.55. The predicted octanol–water partition coefficient (Wildman–Crippen LogP) is 2.11. The van der Waals surface area contributed by atoms with Crippen LogP contribution in [0.25, 0.3) is 0 Å². The van der Waals surface area contributed by atoms with Crippen LogP contribution in [0.3, 0.4) is 0 Å². The normalized spacial score (nSPS) is 21.2. The number of hydrogen-bond donors (Lipinski definition) is 2. The van der Waals surface area contributed by atoms with Gasteiger partial charge in [-0.25, -0.2) is 0 Å². The van der Waals surface area contributed by atoms with Crippen LogP contribution in [0.5, 0.6) is 0 Å². The minimum Gasteiger partial charge on any atom is -0.399 e. The van der Waals surface area contributed by atoms with Crippen molar-refractivity contribution in [3.63, 3.8) is 0 Å². The molecule has 4 N–H and O–H groups in total. The van der Waals surface area contributed by atoms with Crippen LogP contribution in [0.4, 0.5) is 5.69 Å². The molecule has 0 spiro atoms. The Morgan fingerprint density at radius 1 is 1.19 bits per heavy atom. The molecule has 1 unspecified atom stereocenters. The zero-order chi connectivity index (χ0) is 11.4. The van der Waals surface area contributed by atoms with Crippen LogP contribution in [-0.4, -0.2) is 11.9 Å². The minimum atomic E-state index is 0.312. The lowest BCUT2D eigenvalue weighted by atomic mass is 10.0. The van der Waals surface area contributed by atoms with E-state index >= 15 is 0 Å². The van der Waals surface area contributed by atoms with Gasteiger partial charge in [-0.1, -0.05) is 24.6 Å². The van der Waals surface area contributed by atoms with Crippen molar-refractivity contribution in [2.75, 3.05) is 5.73 Å². The lowest BCUT2D eigenvalue weighted by Crippen LogP contribution is -2.16. The van der Waals surface area contributed by atoms with Gasteiger partial charge in [0, 0.05) is 12.1 Å². The summed E-state index contributed by atoms with van der Waals surface area (Å²) in [6.07, 6.45) is 5.35. The van der Waals surface area contributed by atoms with Gasteiger partial charge in [0.15, 0.2) is 0 Å². The highest BCUT2D eigenvalue weighted by atomic mass is 14.9. The van der Waals surface area contributed by atoms with Crippen LogP contribution in [0, 0.1) is 0 Å². The Bertz CT molecular complexity index is 385. The molecule has 0 radical (unpaired) electrons. The third-order valence-corrected chi connectivity index (χ3v) is 3.08. The average molecular weight is 217 g/mol. The number of nitrogens with zero attached hydrogens (tertiary/aromatic N) is 1. The van der Waals surface area contributed by atoms with Crippen molar-refractivity contribution < 1.29 is 0 Å². The summed E-state index contributed by atoms with van der Waals surface area (Å²) in [6.45, 7) is 0. The van der Waals surface area contributed by atoms with E-state index in [4.69, 9.17) is 11.5 Å². The Kier molecular flexibility index (Phi) is 3.44. The number of aliphatic imine (C=N–C) groups is 1. The van der Waals surface area contributed by atoms with Gasteiger partial charge < -0.3 is 11.5 Å². The maximum absolute atomic E-state index is 5.93. The van der Waals surface area contributed by atoms with Crippen molar-refractivity contribution in [2.24, 2.45) is 10.7 Å². The molecular weight excluding hydrogens is 198 g/mol. The van der Waals surface area contributed by atoms with Gasteiger partial charge in [0.25, 0.3) is 0 Å². The van der Waals surface area contributed by atoms with Gasteiger partial charge in [0.2, 0.25) is 0 Å². The predicted molar refractivity (Wildman–Crippen MR) is 68.4 cm³/mol. The van der Waals surface area contributed by atoms with E-state index < -0.39 is 0 Å². The maximum Gasteiger partial charge on any atom is 0.0940 e. The zero-order valence-electron chi connectivity index (χ0n) is 9.52. The second kappa shape index (κ2) is 5.01. The zero-order valence-corrected chi connectivity index (χ0v) is 9.52. The topological polar surface area (TPSA) is 64.4 Å². The minimum absolute atomic E-state index is 0.312. The molecule has 86 valence electrons. The third-order valence-electron chi connectivity index (χ3n) is 3.08. The lowest BCUT2D eigenvalue weighted by Gasteiger charge is -2.12. The largest absolute Gasteiger partial charge is 0.399 e. The van der Waals surface area contributed by atoms with E-state index in [9.17, 15) is 0 Å². The summed E-state index contributed by atoms with van der Waals surface area (Å²) in [7, 11) is 0. The highest BCUT2D eigenvalue weighted by Gasteiger charge is 2.13. The SMILES string of the molecule is NC1=NC(Cc2ccccc2N)CCCC1. The Morgan fingerprint density at radius 2 is 2.00 bits per heavy atom. The molecule has 2 rings (SSSR count). The molecule has 0 amide bonds. The van der Waals surface area contributed by atoms with E-state index in [1.54, 1.807) is 0 Å². The first-order valence-electron chi connectivity index (χ1n) is 5.91. The molecule has 0 aromatic heterocycles. The van der Waals surface area contributed by atoms with Crippen LogP contribution in [-0.2, 0) is 6.42 Å². The first-order valence-corrected chi connectivity index (χ1v) is 5.91. The summed E-state index contributed by atoms with van der Waals surface area (Å²) < 4.78 is 0. The number of rotatable bonds is 2. The van der Waals surface area contributed by atoms with Gasteiger partial charge in [0.05, 0.1) is 11.9 Å². The first kappa shape index (κ1) is 11.0. The van der Waals surface area contributed by atoms with Crippen molar-refractivity contribution in [1.82, 2.24) is 0 Å². The number of nitrogen functional groups attached to an aromatic ring is 1. The van der Waals surface area contributed by atoms with Crippen molar-refractivity contribution >= 4 is 11.5 Å². The highest BCUT2D eigenvalue weighted by molar-refractivity contribution is 5.80. The van der Waals surface area contributed by atoms with Crippen LogP contribution in [0.1, 0.15) is 31.2 Å². The molecule has 0 saturated heterocycles. The van der Waals surface area contributed by atoms with Crippen LogP contribution in [0.15, 0.2) is 29.3 Å². The third kappa shape index (κ3) is 2.75. The summed E-state index contributed by atoms with van der Waals surface area (Å²) in [5.41, 5.74) is 13.8. The first-order chi connectivity index (χ1) is 7.75. The van der Waals surface area contributed by atoms with E-state index in [0.29, 0.717) is 6.04 Å². The van der Waals surface area contributed by atoms with Crippen molar-refractivity contribution in [3.05, 3.63) is 29.8 Å². The summed E-state index contributed by atoms with van der Waals surface area (Å²) >= 11 is 0. The quantitative estimate of drug-likeness (QED) is 0.745. The van der Waals surface area contributed by atoms with E-state index in [-0.39, 0.29) is 0 Å². The molecule has 1 aromatic carbocycles. The molecule has 0 aliphatic carbocycles. The molecule has 0 bridgehead atoms.